The Morgan fingerprint density at radius 1 is 0.944 bits per heavy atom. The third-order valence-corrected chi connectivity index (χ3v) is 2.91. The molecule has 0 N–H and O–H groups in total. The van der Waals surface area contributed by atoms with Gasteiger partial charge in [-0.2, -0.15) is 0 Å². The van der Waals surface area contributed by atoms with Crippen LogP contribution in [0.15, 0.2) is 54.6 Å². The molecule has 0 atom stereocenters. The van der Waals surface area contributed by atoms with Crippen molar-refractivity contribution in [2.24, 2.45) is 5.92 Å². The highest BCUT2D eigenvalue weighted by Crippen LogP contribution is 2.25. The van der Waals surface area contributed by atoms with Crippen LogP contribution in [0.2, 0.25) is 0 Å². The van der Waals surface area contributed by atoms with Crippen LogP contribution in [-0.4, -0.2) is 5.78 Å². The number of Topliss-reactive ketones (excluding diaryl/α,β-unsaturated/α-hetero) is 1. The lowest BCUT2D eigenvalue weighted by molar-refractivity contribution is 0.0968. The second-order valence-corrected chi connectivity index (χ2v) is 4.93. The number of hydrogen-bond donors (Lipinski definition) is 0. The molecule has 0 spiro atoms. The number of rotatable bonds is 4. The molecule has 0 aromatic heterocycles. The minimum absolute atomic E-state index is 0.226. The lowest BCUT2D eigenvalue weighted by Crippen LogP contribution is -2.05. The second kappa shape index (κ2) is 5.63. The summed E-state index contributed by atoms with van der Waals surface area (Å²) in [5, 5.41) is 0. The van der Waals surface area contributed by atoms with Crippen molar-refractivity contribution in [2.75, 3.05) is 0 Å². The van der Waals surface area contributed by atoms with Crippen molar-refractivity contribution in [1.82, 2.24) is 0 Å². The molecule has 92 valence electrons. The molecular weight excluding hydrogens is 220 g/mol. The van der Waals surface area contributed by atoms with Gasteiger partial charge < -0.3 is 0 Å². The van der Waals surface area contributed by atoms with E-state index in [0.717, 1.165) is 16.7 Å². The Morgan fingerprint density at radius 2 is 1.56 bits per heavy atom. The smallest absolute Gasteiger partial charge is 0.163 e. The van der Waals surface area contributed by atoms with Crippen molar-refractivity contribution in [3.8, 4) is 11.1 Å². The molecule has 0 radical (unpaired) electrons. The molecule has 2 aromatic rings. The fraction of sp³-hybridized carbons (Fsp3) is 0.235. The van der Waals surface area contributed by atoms with Crippen LogP contribution >= 0.6 is 0 Å². The van der Waals surface area contributed by atoms with E-state index in [9.17, 15) is 4.79 Å². The molecule has 0 saturated carbocycles. The highest BCUT2D eigenvalue weighted by atomic mass is 16.1. The summed E-state index contributed by atoms with van der Waals surface area (Å²) in [5.74, 6) is 0.616. The molecule has 2 aromatic carbocycles. The van der Waals surface area contributed by atoms with E-state index >= 15 is 0 Å². The van der Waals surface area contributed by atoms with Gasteiger partial charge in [-0.1, -0.05) is 68.4 Å². The van der Waals surface area contributed by atoms with E-state index in [-0.39, 0.29) is 5.78 Å². The zero-order valence-electron chi connectivity index (χ0n) is 10.9. The van der Waals surface area contributed by atoms with E-state index in [4.69, 9.17) is 0 Å². The number of carbonyl (C=O) groups is 1. The lowest BCUT2D eigenvalue weighted by atomic mass is 9.93. The van der Waals surface area contributed by atoms with Gasteiger partial charge in [-0.3, -0.25) is 4.79 Å². The normalized spacial score (nSPS) is 10.6. The average molecular weight is 238 g/mol. The van der Waals surface area contributed by atoms with E-state index in [2.05, 4.69) is 13.8 Å². The minimum Gasteiger partial charge on any atom is -0.294 e. The Hall–Kier alpha value is -1.89. The molecule has 0 fully saturated rings. The van der Waals surface area contributed by atoms with Crippen LogP contribution in [-0.2, 0) is 0 Å². The summed E-state index contributed by atoms with van der Waals surface area (Å²) in [5.41, 5.74) is 2.96. The van der Waals surface area contributed by atoms with Gasteiger partial charge in [-0.15, -0.1) is 0 Å². The maximum atomic E-state index is 12.2. The quantitative estimate of drug-likeness (QED) is 0.712. The van der Waals surface area contributed by atoms with Gasteiger partial charge in [0.05, 0.1) is 0 Å². The monoisotopic (exact) mass is 238 g/mol. The predicted octanol–water partition coefficient (Wildman–Crippen LogP) is 4.58. The summed E-state index contributed by atoms with van der Waals surface area (Å²) in [6.45, 7) is 4.14. The van der Waals surface area contributed by atoms with Crippen LogP contribution in [0.1, 0.15) is 30.6 Å². The van der Waals surface area contributed by atoms with Gasteiger partial charge in [0, 0.05) is 12.0 Å². The second-order valence-electron chi connectivity index (χ2n) is 4.93. The first-order valence-electron chi connectivity index (χ1n) is 6.36. The molecule has 1 heteroatoms. The van der Waals surface area contributed by atoms with E-state index in [0.29, 0.717) is 12.3 Å². The van der Waals surface area contributed by atoms with E-state index in [1.807, 2.05) is 54.6 Å². The largest absolute Gasteiger partial charge is 0.294 e. The Balaban J connectivity index is 2.41. The molecule has 0 amide bonds. The molecule has 0 aliphatic heterocycles. The van der Waals surface area contributed by atoms with Crippen LogP contribution in [0.25, 0.3) is 11.1 Å². The fourth-order valence-electron chi connectivity index (χ4n) is 2.08. The molecule has 0 heterocycles. The topological polar surface area (TPSA) is 17.1 Å². The van der Waals surface area contributed by atoms with Crippen LogP contribution in [0.5, 0.6) is 0 Å². The summed E-state index contributed by atoms with van der Waals surface area (Å²) in [6, 6.07) is 17.9. The number of carbonyl (C=O) groups excluding carboxylic acids is 1. The lowest BCUT2D eigenvalue weighted by Gasteiger charge is -2.10. The summed E-state index contributed by atoms with van der Waals surface area (Å²) in [4.78, 5) is 12.2. The van der Waals surface area contributed by atoms with Gasteiger partial charge in [0.25, 0.3) is 0 Å². The number of ketones is 1. The fourth-order valence-corrected chi connectivity index (χ4v) is 2.08. The van der Waals surface area contributed by atoms with Crippen LogP contribution < -0.4 is 0 Å². The van der Waals surface area contributed by atoms with Crippen LogP contribution in [0.4, 0.5) is 0 Å². The van der Waals surface area contributed by atoms with Gasteiger partial charge in [0.15, 0.2) is 5.78 Å². The van der Waals surface area contributed by atoms with Crippen LogP contribution in [0, 0.1) is 5.92 Å². The van der Waals surface area contributed by atoms with Gasteiger partial charge in [0.1, 0.15) is 0 Å². The first kappa shape index (κ1) is 12.6. The first-order chi connectivity index (χ1) is 8.68. The van der Waals surface area contributed by atoms with Gasteiger partial charge in [-0.25, -0.2) is 0 Å². The SMILES string of the molecule is CC(C)CC(=O)c1ccccc1-c1ccccc1. The predicted molar refractivity (Wildman–Crippen MR) is 75.7 cm³/mol. The van der Waals surface area contributed by atoms with Crippen molar-refractivity contribution in [3.63, 3.8) is 0 Å². The van der Waals surface area contributed by atoms with Crippen molar-refractivity contribution >= 4 is 5.78 Å². The Morgan fingerprint density at radius 3 is 2.22 bits per heavy atom. The van der Waals surface area contributed by atoms with E-state index in [1.165, 1.54) is 0 Å². The molecule has 18 heavy (non-hydrogen) atoms. The van der Waals surface area contributed by atoms with Gasteiger partial charge >= 0.3 is 0 Å². The molecule has 0 bridgehead atoms. The Labute approximate surface area is 108 Å². The van der Waals surface area contributed by atoms with Crippen LogP contribution in [0.3, 0.4) is 0 Å². The molecule has 1 nitrogen and oxygen atoms in total. The summed E-state index contributed by atoms with van der Waals surface area (Å²) < 4.78 is 0. The maximum absolute atomic E-state index is 12.2. The average Bonchev–Trinajstić information content (AvgIpc) is 2.39. The van der Waals surface area contributed by atoms with Gasteiger partial charge in [0.2, 0.25) is 0 Å². The zero-order chi connectivity index (χ0) is 13.0. The number of hydrogen-bond acceptors (Lipinski definition) is 1. The van der Waals surface area contributed by atoms with E-state index in [1.54, 1.807) is 0 Å². The molecule has 0 saturated heterocycles. The van der Waals surface area contributed by atoms with Crippen molar-refractivity contribution in [3.05, 3.63) is 60.2 Å². The summed E-state index contributed by atoms with van der Waals surface area (Å²) >= 11 is 0. The molecule has 2 rings (SSSR count). The highest BCUT2D eigenvalue weighted by Gasteiger charge is 2.13. The van der Waals surface area contributed by atoms with Crippen molar-refractivity contribution in [1.29, 1.82) is 0 Å². The van der Waals surface area contributed by atoms with Crippen molar-refractivity contribution < 1.29 is 4.79 Å². The molecule has 0 aliphatic rings. The van der Waals surface area contributed by atoms with Crippen molar-refractivity contribution in [2.45, 2.75) is 20.3 Å². The van der Waals surface area contributed by atoms with E-state index < -0.39 is 0 Å². The first-order valence-corrected chi connectivity index (χ1v) is 6.36. The zero-order valence-corrected chi connectivity index (χ0v) is 10.9. The molecular formula is C17H18O. The third kappa shape index (κ3) is 2.86. The third-order valence-electron chi connectivity index (χ3n) is 2.91. The molecule has 0 unspecified atom stereocenters. The minimum atomic E-state index is 0.226. The standard InChI is InChI=1S/C17H18O/c1-13(2)12-17(18)16-11-7-6-10-15(16)14-8-4-3-5-9-14/h3-11,13H,12H2,1-2H3. The van der Waals surface area contributed by atoms with Gasteiger partial charge in [-0.05, 0) is 17.0 Å². The Kier molecular flexibility index (Phi) is 3.93. The maximum Gasteiger partial charge on any atom is 0.163 e. The highest BCUT2D eigenvalue weighted by molar-refractivity contribution is 6.02. The number of benzene rings is 2. The summed E-state index contributed by atoms with van der Waals surface area (Å²) in [6.07, 6.45) is 0.601. The molecule has 0 aliphatic carbocycles. The summed E-state index contributed by atoms with van der Waals surface area (Å²) in [7, 11) is 0. The Bertz CT molecular complexity index is 526.